The Morgan fingerprint density at radius 3 is 2.62 bits per heavy atom. The van der Waals surface area contributed by atoms with Gasteiger partial charge in [0.05, 0.1) is 46.4 Å². The number of rotatable bonds is 9. The second kappa shape index (κ2) is 13.3. The van der Waals surface area contributed by atoms with Gasteiger partial charge in [0.25, 0.3) is 0 Å². The molecule has 272 valence electrons. The molecule has 11 heteroatoms. The molecule has 5 aromatic rings. The summed E-state index contributed by atoms with van der Waals surface area (Å²) in [5, 5.41) is 15.4. The van der Waals surface area contributed by atoms with Gasteiger partial charge >= 0.3 is 0 Å². The molecule has 3 aliphatic heterocycles. The topological polar surface area (TPSA) is 83.2 Å². The van der Waals surface area contributed by atoms with Crippen LogP contribution in [0, 0.1) is 48.6 Å². The number of nitriles is 1. The Kier molecular flexibility index (Phi) is 8.73. The molecule has 3 aromatic carbocycles. The van der Waals surface area contributed by atoms with Crippen LogP contribution in [0.4, 0.5) is 8.78 Å². The molecule has 1 amide bonds. The maximum Gasteiger partial charge on any atom is 0.226 e. The van der Waals surface area contributed by atoms with Crippen LogP contribution in [0.15, 0.2) is 48.5 Å². The molecule has 5 aliphatic rings. The molecule has 7 nitrogen and oxygen atoms in total. The smallest absolute Gasteiger partial charge is 0.226 e. The maximum absolute atomic E-state index is 17.2. The third kappa shape index (κ3) is 5.72. The van der Waals surface area contributed by atoms with Gasteiger partial charge in [-0.1, -0.05) is 47.5 Å². The molecule has 2 bridgehead atoms. The van der Waals surface area contributed by atoms with Gasteiger partial charge < -0.3 is 19.5 Å². The van der Waals surface area contributed by atoms with Crippen LogP contribution < -0.4 is 5.32 Å². The lowest BCUT2D eigenvalue weighted by atomic mass is 9.79. The number of ether oxygens (including phenoxy) is 1. The van der Waals surface area contributed by atoms with Crippen molar-refractivity contribution >= 4 is 50.9 Å². The predicted molar refractivity (Wildman–Crippen MR) is 202 cm³/mol. The van der Waals surface area contributed by atoms with Gasteiger partial charge in [0.15, 0.2) is 5.82 Å². The largest absolute Gasteiger partial charge is 0.371 e. The second-order valence-electron chi connectivity index (χ2n) is 15.3. The van der Waals surface area contributed by atoms with Crippen molar-refractivity contribution in [2.75, 3.05) is 13.1 Å². The van der Waals surface area contributed by atoms with E-state index in [9.17, 15) is 14.4 Å². The third-order valence-electron chi connectivity index (χ3n) is 12.1. The lowest BCUT2D eigenvalue weighted by Gasteiger charge is -2.39. The molecule has 1 N–H and O–H groups in total. The molecule has 0 radical (unpaired) electrons. The van der Waals surface area contributed by atoms with E-state index in [0.717, 1.165) is 48.0 Å². The molecular formula is C42H39Cl2F2N5O2. The Morgan fingerprint density at radius 1 is 1.09 bits per heavy atom. The number of aromatic nitrogens is 2. The highest BCUT2D eigenvalue weighted by molar-refractivity contribution is 6.43. The van der Waals surface area contributed by atoms with Crippen molar-refractivity contribution in [1.29, 1.82) is 5.26 Å². The van der Waals surface area contributed by atoms with E-state index in [-0.39, 0.29) is 65.4 Å². The summed E-state index contributed by atoms with van der Waals surface area (Å²) >= 11 is 13.1. The van der Waals surface area contributed by atoms with E-state index >= 15 is 4.39 Å². The van der Waals surface area contributed by atoms with E-state index in [0.29, 0.717) is 63.7 Å². The van der Waals surface area contributed by atoms with Gasteiger partial charge in [0, 0.05) is 76.7 Å². The number of benzene rings is 3. The summed E-state index contributed by atoms with van der Waals surface area (Å²) in [6.07, 6.45) is 3.57. The minimum absolute atomic E-state index is 0.00203. The first kappa shape index (κ1) is 34.7. The molecule has 5 fully saturated rings. The van der Waals surface area contributed by atoms with E-state index in [1.807, 2.05) is 30.9 Å². The van der Waals surface area contributed by atoms with Crippen molar-refractivity contribution < 1.29 is 18.3 Å². The molecule has 5 heterocycles. The minimum atomic E-state index is -0.503. The predicted octanol–water partition coefficient (Wildman–Crippen LogP) is 9.32. The van der Waals surface area contributed by atoms with Crippen molar-refractivity contribution in [1.82, 2.24) is 19.8 Å². The molecule has 2 aliphatic carbocycles. The first-order chi connectivity index (χ1) is 25.6. The van der Waals surface area contributed by atoms with Crippen molar-refractivity contribution in [2.24, 2.45) is 11.8 Å². The van der Waals surface area contributed by atoms with E-state index in [2.05, 4.69) is 22.0 Å². The van der Waals surface area contributed by atoms with Gasteiger partial charge in [0.1, 0.15) is 11.3 Å². The number of nitrogens with one attached hydrogen (secondary N) is 1. The number of aryl methyl sites for hydroxylation is 3. The van der Waals surface area contributed by atoms with E-state index in [1.54, 1.807) is 24.3 Å². The van der Waals surface area contributed by atoms with Crippen LogP contribution in [0.3, 0.4) is 0 Å². The number of pyridine rings is 1. The average Bonchev–Trinajstić information content (AvgIpc) is 3.43. The fourth-order valence-electron chi connectivity index (χ4n) is 9.16. The van der Waals surface area contributed by atoms with Crippen LogP contribution in [0.25, 0.3) is 32.9 Å². The summed E-state index contributed by atoms with van der Waals surface area (Å²) in [4.78, 5) is 20.9. The average molecular weight is 755 g/mol. The van der Waals surface area contributed by atoms with Crippen LogP contribution in [0.5, 0.6) is 0 Å². The number of halogens is 4. The minimum Gasteiger partial charge on any atom is -0.371 e. The van der Waals surface area contributed by atoms with Crippen LogP contribution >= 0.6 is 23.2 Å². The molecule has 5 atom stereocenters. The molecule has 0 spiro atoms. The number of amides is 1. The Bertz CT molecular complexity index is 2330. The molecule has 3 saturated heterocycles. The number of likely N-dealkylation sites (tertiary alicyclic amines) is 1. The summed E-state index contributed by atoms with van der Waals surface area (Å²) in [6, 6.07) is 16.6. The Balaban J connectivity index is 1.22. The maximum atomic E-state index is 17.2. The van der Waals surface area contributed by atoms with Gasteiger partial charge in [-0.05, 0) is 80.8 Å². The van der Waals surface area contributed by atoms with Gasteiger partial charge in [0.2, 0.25) is 5.91 Å². The summed E-state index contributed by atoms with van der Waals surface area (Å²) in [7, 11) is 0. The SMILES string of the molecule is Cc1cccc(F)c1COC1CC(c2cc3c(C)nc4c(F)c(-c5cccc(Cl)c5Cl)c(CCC#N)cc4c3n2C2C3CNC2C3)N(C(=O)C2CC2)C1. The molecule has 2 aromatic heterocycles. The second-order valence-corrected chi connectivity index (χ2v) is 16.0. The molecule has 2 saturated carbocycles. The molecule has 53 heavy (non-hydrogen) atoms. The van der Waals surface area contributed by atoms with E-state index in [1.165, 1.54) is 6.07 Å². The highest BCUT2D eigenvalue weighted by Crippen LogP contribution is 2.51. The zero-order valence-electron chi connectivity index (χ0n) is 29.6. The van der Waals surface area contributed by atoms with Crippen LogP contribution in [-0.2, 0) is 22.6 Å². The lowest BCUT2D eigenvalue weighted by molar-refractivity contribution is -0.134. The number of hydrogen-bond donors (Lipinski definition) is 1. The van der Waals surface area contributed by atoms with Crippen LogP contribution in [-0.4, -0.2) is 45.6 Å². The molecule has 10 rings (SSSR count). The van der Waals surface area contributed by atoms with Crippen molar-refractivity contribution in [3.63, 3.8) is 0 Å². The summed E-state index contributed by atoms with van der Waals surface area (Å²) in [5.74, 6) is -0.285. The monoisotopic (exact) mass is 753 g/mol. The lowest BCUT2D eigenvalue weighted by Crippen LogP contribution is -2.41. The zero-order valence-corrected chi connectivity index (χ0v) is 31.1. The first-order valence-electron chi connectivity index (χ1n) is 18.5. The summed E-state index contributed by atoms with van der Waals surface area (Å²) in [5.41, 5.74) is 5.56. The quantitative estimate of drug-likeness (QED) is 0.162. The van der Waals surface area contributed by atoms with Crippen LogP contribution in [0.1, 0.15) is 72.3 Å². The van der Waals surface area contributed by atoms with E-state index in [4.69, 9.17) is 32.9 Å². The van der Waals surface area contributed by atoms with Crippen molar-refractivity contribution in [3.8, 4) is 17.2 Å². The van der Waals surface area contributed by atoms with Crippen molar-refractivity contribution in [3.05, 3.63) is 98.3 Å². The zero-order chi connectivity index (χ0) is 36.7. The summed E-state index contributed by atoms with van der Waals surface area (Å²) < 4.78 is 40.8. The molecule has 5 unspecified atom stereocenters. The third-order valence-corrected chi connectivity index (χ3v) is 12.9. The van der Waals surface area contributed by atoms with Gasteiger partial charge in [-0.3, -0.25) is 4.79 Å². The van der Waals surface area contributed by atoms with Crippen molar-refractivity contribution in [2.45, 2.75) is 83.2 Å². The first-order valence-corrected chi connectivity index (χ1v) is 19.3. The highest BCUT2D eigenvalue weighted by atomic mass is 35.5. The Morgan fingerprint density at radius 2 is 1.91 bits per heavy atom. The van der Waals surface area contributed by atoms with E-state index < -0.39 is 5.82 Å². The van der Waals surface area contributed by atoms with Crippen LogP contribution in [0.2, 0.25) is 10.0 Å². The number of hydrogen-bond acceptors (Lipinski definition) is 5. The number of carbonyl (C=O) groups is 1. The highest BCUT2D eigenvalue weighted by Gasteiger charge is 2.51. The summed E-state index contributed by atoms with van der Waals surface area (Å²) in [6.45, 7) is 5.21. The Hall–Kier alpha value is -4.07. The van der Waals surface area contributed by atoms with Gasteiger partial charge in [-0.2, -0.15) is 5.26 Å². The number of nitrogens with zero attached hydrogens (tertiary/aromatic N) is 4. The van der Waals surface area contributed by atoms with Gasteiger partial charge in [-0.15, -0.1) is 0 Å². The molecular weight excluding hydrogens is 715 g/mol. The van der Waals surface area contributed by atoms with Gasteiger partial charge in [-0.25, -0.2) is 13.8 Å². The number of carbonyl (C=O) groups excluding carboxylic acids is 1. The fraction of sp³-hybridized carbons (Fsp3) is 0.405. The normalized spacial score (nSPS) is 23.6. The fourth-order valence-corrected chi connectivity index (χ4v) is 9.55. The standard InChI is InChI=1S/C42H39Cl2F2N5O2/c1-21-6-3-10-32(45)30(21)20-53-26-16-34(50(19-26)42(52)23-11-12-23)35-17-28-22(2)49-39-29(41(28)51(35)40-25-15-33(40)48-18-25)14-24(7-5-13-47)36(38(39)46)27-8-4-9-31(43)37(27)44/h3-4,6,8-10,14,17,23,25-26,33-34,40,48H,5,7,11-12,15-16,18-20H2,1-2H3. The number of fused-ring (bicyclic) bond motifs is 4. The Labute approximate surface area is 316 Å².